The van der Waals surface area contributed by atoms with Crippen LogP contribution in [0, 0.1) is 18.7 Å². The Hall–Kier alpha value is -1.15. The van der Waals surface area contributed by atoms with Gasteiger partial charge >= 0.3 is 0 Å². The Labute approximate surface area is 109 Å². The zero-order valence-electron chi connectivity index (χ0n) is 11.5. The summed E-state index contributed by atoms with van der Waals surface area (Å²) < 4.78 is 13.7. The fourth-order valence-electron chi connectivity index (χ4n) is 1.94. The molecule has 0 aromatic heterocycles. The summed E-state index contributed by atoms with van der Waals surface area (Å²) in [6, 6.07) is 5.96. The van der Waals surface area contributed by atoms with Gasteiger partial charge in [0, 0.05) is 18.2 Å². The second-order valence-corrected chi connectivity index (χ2v) is 5.55. The first kappa shape index (κ1) is 13.3. The fourth-order valence-corrected chi connectivity index (χ4v) is 1.94. The summed E-state index contributed by atoms with van der Waals surface area (Å²) in [5.74, 6) is 0.307. The molecule has 1 nitrogen and oxygen atoms in total. The third-order valence-corrected chi connectivity index (χ3v) is 3.41. The quantitative estimate of drug-likeness (QED) is 0.831. The summed E-state index contributed by atoms with van der Waals surface area (Å²) in [7, 11) is 0. The second-order valence-electron chi connectivity index (χ2n) is 5.55. The molecule has 1 aliphatic rings. The van der Waals surface area contributed by atoms with E-state index in [1.165, 1.54) is 18.4 Å². The van der Waals surface area contributed by atoms with E-state index < -0.39 is 0 Å². The maximum Gasteiger partial charge on any atom is 0.130 e. The molecular weight excluding hydrogens is 225 g/mol. The first-order chi connectivity index (χ1) is 8.56. The van der Waals surface area contributed by atoms with Gasteiger partial charge < -0.3 is 5.32 Å². The van der Waals surface area contributed by atoms with Crippen molar-refractivity contribution in [3.8, 4) is 0 Å². The van der Waals surface area contributed by atoms with Crippen LogP contribution in [0.5, 0.6) is 0 Å². The van der Waals surface area contributed by atoms with Crippen LogP contribution in [0.15, 0.2) is 23.8 Å². The summed E-state index contributed by atoms with van der Waals surface area (Å²) in [5.41, 5.74) is 3.07. The smallest absolute Gasteiger partial charge is 0.130 e. The molecule has 98 valence electrons. The van der Waals surface area contributed by atoms with E-state index in [4.69, 9.17) is 0 Å². The third-order valence-electron chi connectivity index (χ3n) is 3.41. The molecular formula is C16H22FN. The van der Waals surface area contributed by atoms with Crippen LogP contribution in [0.25, 0.3) is 6.08 Å². The number of nitrogens with one attached hydrogen (secondary N) is 1. The molecule has 1 saturated carbocycles. The molecule has 0 heterocycles. The molecule has 0 atom stereocenters. The van der Waals surface area contributed by atoms with E-state index in [-0.39, 0.29) is 5.82 Å². The molecule has 1 fully saturated rings. The van der Waals surface area contributed by atoms with Gasteiger partial charge in [-0.15, -0.1) is 0 Å². The molecule has 2 rings (SSSR count). The van der Waals surface area contributed by atoms with Crippen LogP contribution in [0.4, 0.5) is 4.39 Å². The van der Waals surface area contributed by atoms with Crippen molar-refractivity contribution in [1.29, 1.82) is 0 Å². The van der Waals surface area contributed by atoms with E-state index in [2.05, 4.69) is 19.2 Å². The molecule has 0 amide bonds. The average molecular weight is 247 g/mol. The van der Waals surface area contributed by atoms with Gasteiger partial charge in [-0.1, -0.05) is 37.1 Å². The predicted octanol–water partition coefficient (Wildman–Crippen LogP) is 3.93. The highest BCUT2D eigenvalue weighted by Gasteiger charge is 2.20. The Bertz CT molecular complexity index is 444. The molecule has 18 heavy (non-hydrogen) atoms. The van der Waals surface area contributed by atoms with Gasteiger partial charge in [-0.05, 0) is 37.8 Å². The fraction of sp³-hybridized carbons (Fsp3) is 0.500. The van der Waals surface area contributed by atoms with Gasteiger partial charge in [0.2, 0.25) is 0 Å². The Morgan fingerprint density at radius 2 is 2.17 bits per heavy atom. The van der Waals surface area contributed by atoms with Crippen LogP contribution < -0.4 is 5.32 Å². The molecule has 0 radical (unpaired) electrons. The molecule has 0 unspecified atom stereocenters. The van der Waals surface area contributed by atoms with Crippen molar-refractivity contribution in [1.82, 2.24) is 5.32 Å². The zero-order chi connectivity index (χ0) is 13.1. The number of aryl methyl sites for hydroxylation is 1. The first-order valence-electron chi connectivity index (χ1n) is 6.76. The van der Waals surface area contributed by atoms with Gasteiger partial charge in [-0.2, -0.15) is 0 Å². The topological polar surface area (TPSA) is 12.0 Å². The maximum absolute atomic E-state index is 13.7. The van der Waals surface area contributed by atoms with Crippen molar-refractivity contribution in [2.24, 2.45) is 5.92 Å². The van der Waals surface area contributed by atoms with Crippen LogP contribution >= 0.6 is 0 Å². The predicted molar refractivity (Wildman–Crippen MR) is 75.0 cm³/mol. The number of hydrogen-bond donors (Lipinski definition) is 1. The molecule has 1 aromatic carbocycles. The van der Waals surface area contributed by atoms with Gasteiger partial charge in [0.1, 0.15) is 5.82 Å². The van der Waals surface area contributed by atoms with E-state index in [1.54, 1.807) is 6.07 Å². The molecule has 1 N–H and O–H groups in total. The monoisotopic (exact) mass is 247 g/mol. The van der Waals surface area contributed by atoms with E-state index in [0.29, 0.717) is 17.5 Å². The van der Waals surface area contributed by atoms with Gasteiger partial charge in [0.25, 0.3) is 0 Å². The molecule has 0 spiro atoms. The van der Waals surface area contributed by atoms with Crippen molar-refractivity contribution in [2.45, 2.75) is 39.7 Å². The van der Waals surface area contributed by atoms with Crippen LogP contribution in [0.3, 0.4) is 0 Å². The summed E-state index contributed by atoms with van der Waals surface area (Å²) in [4.78, 5) is 0. The molecule has 0 bridgehead atoms. The second kappa shape index (κ2) is 5.66. The van der Waals surface area contributed by atoms with Crippen LogP contribution in [-0.4, -0.2) is 12.6 Å². The summed E-state index contributed by atoms with van der Waals surface area (Å²) in [6.45, 7) is 7.19. The van der Waals surface area contributed by atoms with Crippen molar-refractivity contribution < 1.29 is 4.39 Å². The van der Waals surface area contributed by atoms with Crippen LogP contribution in [0.1, 0.15) is 37.8 Å². The highest BCUT2D eigenvalue weighted by molar-refractivity contribution is 5.55. The SMILES string of the molecule is Cc1ccc(F)c(/C=C(\CNC2CC2)C(C)C)c1. The lowest BCUT2D eigenvalue weighted by Crippen LogP contribution is -2.21. The van der Waals surface area contributed by atoms with Crippen molar-refractivity contribution in [3.05, 3.63) is 40.7 Å². The largest absolute Gasteiger partial charge is 0.310 e. The van der Waals surface area contributed by atoms with E-state index in [1.807, 2.05) is 25.1 Å². The minimum Gasteiger partial charge on any atom is -0.310 e. The normalized spacial score (nSPS) is 16.4. The van der Waals surface area contributed by atoms with Gasteiger partial charge in [-0.3, -0.25) is 0 Å². The van der Waals surface area contributed by atoms with E-state index in [9.17, 15) is 4.39 Å². The lowest BCUT2D eigenvalue weighted by Gasteiger charge is -2.13. The average Bonchev–Trinajstić information content (AvgIpc) is 3.12. The number of rotatable bonds is 5. The maximum atomic E-state index is 13.7. The highest BCUT2D eigenvalue weighted by Crippen LogP contribution is 2.22. The Balaban J connectivity index is 2.16. The Morgan fingerprint density at radius 3 is 2.78 bits per heavy atom. The summed E-state index contributed by atoms with van der Waals surface area (Å²) >= 11 is 0. The summed E-state index contributed by atoms with van der Waals surface area (Å²) in [6.07, 6.45) is 4.57. The lowest BCUT2D eigenvalue weighted by atomic mass is 9.99. The van der Waals surface area contributed by atoms with Gasteiger partial charge in [-0.25, -0.2) is 4.39 Å². The Kier molecular flexibility index (Phi) is 4.18. The number of halogens is 1. The van der Waals surface area contributed by atoms with E-state index in [0.717, 1.165) is 12.1 Å². The molecule has 0 aliphatic heterocycles. The summed E-state index contributed by atoms with van der Waals surface area (Å²) in [5, 5.41) is 3.50. The minimum atomic E-state index is -0.134. The standard InChI is InChI=1S/C16H22FN/c1-11(2)14(10-18-15-5-6-15)9-13-8-12(3)4-7-16(13)17/h4,7-9,11,15,18H,5-6,10H2,1-3H3/b14-9+. The van der Waals surface area contributed by atoms with Gasteiger partial charge in [0.15, 0.2) is 0 Å². The number of hydrogen-bond acceptors (Lipinski definition) is 1. The van der Waals surface area contributed by atoms with Crippen LogP contribution in [-0.2, 0) is 0 Å². The van der Waals surface area contributed by atoms with Crippen molar-refractivity contribution in [3.63, 3.8) is 0 Å². The lowest BCUT2D eigenvalue weighted by molar-refractivity contribution is 0.622. The first-order valence-corrected chi connectivity index (χ1v) is 6.76. The third kappa shape index (κ3) is 3.67. The molecule has 2 heteroatoms. The Morgan fingerprint density at radius 1 is 1.44 bits per heavy atom. The van der Waals surface area contributed by atoms with Gasteiger partial charge in [0.05, 0.1) is 0 Å². The highest BCUT2D eigenvalue weighted by atomic mass is 19.1. The van der Waals surface area contributed by atoms with E-state index >= 15 is 0 Å². The minimum absolute atomic E-state index is 0.134. The molecule has 1 aromatic rings. The van der Waals surface area contributed by atoms with Crippen molar-refractivity contribution >= 4 is 6.08 Å². The van der Waals surface area contributed by atoms with Crippen molar-refractivity contribution in [2.75, 3.05) is 6.54 Å². The number of benzene rings is 1. The van der Waals surface area contributed by atoms with Crippen LogP contribution in [0.2, 0.25) is 0 Å². The zero-order valence-corrected chi connectivity index (χ0v) is 11.5. The molecule has 0 saturated heterocycles. The molecule has 1 aliphatic carbocycles.